The fourth-order valence-corrected chi connectivity index (χ4v) is 3.98. The molecule has 4 nitrogen and oxygen atoms in total. The van der Waals surface area contributed by atoms with E-state index in [1.807, 2.05) is 48.5 Å². The number of hydrogen-bond acceptors (Lipinski definition) is 4. The zero-order chi connectivity index (χ0) is 21.2. The first-order valence-corrected chi connectivity index (χ1v) is 10.1. The smallest absolute Gasteiger partial charge is 0.274 e. The molecule has 31 heavy (non-hydrogen) atoms. The Morgan fingerprint density at radius 3 is 2.19 bits per heavy atom. The van der Waals surface area contributed by atoms with Crippen LogP contribution in [0, 0.1) is 0 Å². The summed E-state index contributed by atoms with van der Waals surface area (Å²) < 4.78 is 50.4. The van der Waals surface area contributed by atoms with Crippen molar-refractivity contribution in [3.05, 3.63) is 89.5 Å². The number of benzene rings is 3. The molecule has 0 aliphatic carbocycles. The molecule has 158 valence electrons. The van der Waals surface area contributed by atoms with Gasteiger partial charge in [-0.15, -0.1) is 0 Å². The standard InChI is InChI=1S/C25H20F2O4/c26-25(27)20(18-7-9-22-24(13-18)31-15-30-22)14-19(16-4-2-1-3-5-16)17-6-8-21-23(12-17)29-11-10-28-21/h1-9,12-13,19H,10-11,14-15H2. The fourth-order valence-electron chi connectivity index (χ4n) is 3.98. The molecule has 3 aromatic carbocycles. The van der Waals surface area contributed by atoms with Gasteiger partial charge in [-0.25, -0.2) is 0 Å². The Hall–Kier alpha value is -3.54. The summed E-state index contributed by atoms with van der Waals surface area (Å²) in [5.41, 5.74) is 2.22. The second-order valence-corrected chi connectivity index (χ2v) is 7.38. The maximum Gasteiger partial charge on any atom is 0.274 e. The molecule has 0 spiro atoms. The second kappa shape index (κ2) is 8.30. The van der Waals surface area contributed by atoms with E-state index in [9.17, 15) is 8.78 Å². The highest BCUT2D eigenvalue weighted by atomic mass is 19.3. The summed E-state index contributed by atoms with van der Waals surface area (Å²) in [5, 5.41) is 0. The summed E-state index contributed by atoms with van der Waals surface area (Å²) >= 11 is 0. The van der Waals surface area contributed by atoms with Gasteiger partial charge in [0.05, 0.1) is 0 Å². The fraction of sp³-hybridized carbons (Fsp3) is 0.200. The lowest BCUT2D eigenvalue weighted by Crippen LogP contribution is -2.15. The maximum absolute atomic E-state index is 14.2. The van der Waals surface area contributed by atoms with E-state index in [1.54, 1.807) is 18.2 Å². The molecule has 2 aliphatic rings. The van der Waals surface area contributed by atoms with Gasteiger partial charge in [0.25, 0.3) is 6.08 Å². The second-order valence-electron chi connectivity index (χ2n) is 7.38. The summed E-state index contributed by atoms with van der Waals surface area (Å²) in [4.78, 5) is 0. The maximum atomic E-state index is 14.2. The van der Waals surface area contributed by atoms with Crippen LogP contribution in [0.5, 0.6) is 23.0 Å². The monoisotopic (exact) mass is 422 g/mol. The minimum atomic E-state index is -1.71. The molecule has 0 fully saturated rings. The third-order valence-corrected chi connectivity index (χ3v) is 5.53. The van der Waals surface area contributed by atoms with Crippen LogP contribution in [-0.4, -0.2) is 20.0 Å². The molecule has 6 heteroatoms. The minimum absolute atomic E-state index is 0.0259. The predicted molar refractivity (Wildman–Crippen MR) is 112 cm³/mol. The van der Waals surface area contributed by atoms with E-state index >= 15 is 0 Å². The Bertz CT molecular complexity index is 1120. The van der Waals surface area contributed by atoms with E-state index in [0.717, 1.165) is 11.1 Å². The molecule has 2 aliphatic heterocycles. The van der Waals surface area contributed by atoms with Crippen LogP contribution in [0.1, 0.15) is 29.0 Å². The van der Waals surface area contributed by atoms with Gasteiger partial charge in [0, 0.05) is 11.5 Å². The molecule has 0 saturated carbocycles. The van der Waals surface area contributed by atoms with E-state index in [-0.39, 0.29) is 24.7 Å². The number of ether oxygens (including phenoxy) is 4. The highest BCUT2D eigenvalue weighted by Crippen LogP contribution is 2.42. The van der Waals surface area contributed by atoms with Gasteiger partial charge in [-0.2, -0.15) is 8.78 Å². The van der Waals surface area contributed by atoms with E-state index in [0.29, 0.717) is 41.8 Å². The van der Waals surface area contributed by atoms with Gasteiger partial charge >= 0.3 is 0 Å². The van der Waals surface area contributed by atoms with Crippen LogP contribution in [0.4, 0.5) is 8.78 Å². The van der Waals surface area contributed by atoms with Crippen LogP contribution in [0.25, 0.3) is 5.57 Å². The van der Waals surface area contributed by atoms with Crippen molar-refractivity contribution < 1.29 is 27.7 Å². The Kier molecular flexibility index (Phi) is 5.20. The predicted octanol–water partition coefficient (Wildman–Crippen LogP) is 6.02. The normalized spacial score (nSPS) is 14.8. The number of fused-ring (bicyclic) bond motifs is 2. The van der Waals surface area contributed by atoms with E-state index < -0.39 is 6.08 Å². The van der Waals surface area contributed by atoms with E-state index in [2.05, 4.69) is 0 Å². The van der Waals surface area contributed by atoms with Crippen LogP contribution in [0.15, 0.2) is 72.8 Å². The van der Waals surface area contributed by atoms with Crippen molar-refractivity contribution in [2.75, 3.05) is 20.0 Å². The third kappa shape index (κ3) is 3.93. The van der Waals surface area contributed by atoms with Crippen LogP contribution < -0.4 is 18.9 Å². The summed E-state index contributed by atoms with van der Waals surface area (Å²) in [7, 11) is 0. The topological polar surface area (TPSA) is 36.9 Å². The highest BCUT2D eigenvalue weighted by Gasteiger charge is 2.24. The molecule has 0 radical (unpaired) electrons. The quantitative estimate of drug-likeness (QED) is 0.504. The van der Waals surface area contributed by atoms with Gasteiger partial charge in [0.2, 0.25) is 6.79 Å². The zero-order valence-corrected chi connectivity index (χ0v) is 16.6. The lowest BCUT2D eigenvalue weighted by Gasteiger charge is -2.23. The van der Waals surface area contributed by atoms with E-state index in [4.69, 9.17) is 18.9 Å². The van der Waals surface area contributed by atoms with Crippen LogP contribution in [-0.2, 0) is 0 Å². The SMILES string of the molecule is FC(F)=C(CC(c1ccccc1)c1ccc2c(c1)OCCO2)c1ccc2c(c1)OCO2. The number of hydrogen-bond donors (Lipinski definition) is 0. The van der Waals surface area contributed by atoms with Crippen molar-refractivity contribution >= 4 is 5.57 Å². The van der Waals surface area contributed by atoms with Crippen molar-refractivity contribution in [1.29, 1.82) is 0 Å². The van der Waals surface area contributed by atoms with Gasteiger partial charge in [-0.3, -0.25) is 0 Å². The van der Waals surface area contributed by atoms with Crippen LogP contribution in [0.3, 0.4) is 0 Å². The molecular weight excluding hydrogens is 402 g/mol. The molecule has 0 saturated heterocycles. The summed E-state index contributed by atoms with van der Waals surface area (Å²) in [6.45, 7) is 1.06. The summed E-state index contributed by atoms with van der Waals surface area (Å²) in [6, 6.07) is 20.2. The van der Waals surface area contributed by atoms with Crippen molar-refractivity contribution in [3.8, 4) is 23.0 Å². The minimum Gasteiger partial charge on any atom is -0.486 e. The highest BCUT2D eigenvalue weighted by molar-refractivity contribution is 5.70. The molecule has 2 heterocycles. The Morgan fingerprint density at radius 1 is 0.710 bits per heavy atom. The largest absolute Gasteiger partial charge is 0.486 e. The summed E-state index contributed by atoms with van der Waals surface area (Å²) in [6.07, 6.45) is -1.59. The number of rotatable bonds is 5. The lowest BCUT2D eigenvalue weighted by molar-refractivity contribution is 0.171. The van der Waals surface area contributed by atoms with E-state index in [1.165, 1.54) is 0 Å². The molecule has 1 atom stereocenters. The average molecular weight is 422 g/mol. The molecule has 1 unspecified atom stereocenters. The van der Waals surface area contributed by atoms with Crippen molar-refractivity contribution in [2.45, 2.75) is 12.3 Å². The van der Waals surface area contributed by atoms with Crippen molar-refractivity contribution in [3.63, 3.8) is 0 Å². The molecule has 0 aromatic heterocycles. The number of allylic oxidation sites excluding steroid dienone is 1. The van der Waals surface area contributed by atoms with Crippen molar-refractivity contribution in [1.82, 2.24) is 0 Å². The van der Waals surface area contributed by atoms with Crippen LogP contribution in [0.2, 0.25) is 0 Å². The molecular formula is C25H20F2O4. The molecule has 0 N–H and O–H groups in total. The van der Waals surface area contributed by atoms with Gasteiger partial charge in [-0.1, -0.05) is 42.5 Å². The average Bonchev–Trinajstić information content (AvgIpc) is 3.28. The van der Waals surface area contributed by atoms with Gasteiger partial charge < -0.3 is 18.9 Å². The van der Waals surface area contributed by atoms with Gasteiger partial charge in [0.15, 0.2) is 23.0 Å². The summed E-state index contributed by atoms with van der Waals surface area (Å²) in [5.74, 6) is 2.06. The molecule has 0 amide bonds. The first-order chi connectivity index (χ1) is 15.2. The van der Waals surface area contributed by atoms with Gasteiger partial charge in [-0.05, 0) is 47.4 Å². The molecule has 5 rings (SSSR count). The lowest BCUT2D eigenvalue weighted by atomic mass is 9.84. The molecule has 3 aromatic rings. The Morgan fingerprint density at radius 2 is 1.39 bits per heavy atom. The van der Waals surface area contributed by atoms with Gasteiger partial charge in [0.1, 0.15) is 13.2 Å². The Balaban J connectivity index is 1.54. The Labute approximate surface area is 178 Å². The third-order valence-electron chi connectivity index (χ3n) is 5.53. The first kappa shape index (κ1) is 19.4. The first-order valence-electron chi connectivity index (χ1n) is 10.1. The number of halogens is 2. The van der Waals surface area contributed by atoms with Crippen molar-refractivity contribution in [2.24, 2.45) is 0 Å². The molecule has 0 bridgehead atoms. The zero-order valence-electron chi connectivity index (χ0n) is 16.6. The van der Waals surface area contributed by atoms with Crippen LogP contribution >= 0.6 is 0 Å².